The number of ether oxygens (including phenoxy) is 1. The second-order valence-electron chi connectivity index (χ2n) is 6.08. The third-order valence-corrected chi connectivity index (χ3v) is 4.87. The summed E-state index contributed by atoms with van der Waals surface area (Å²) in [5, 5.41) is 0. The maximum absolute atomic E-state index is 13.9. The number of nitrogens with zero attached hydrogens (tertiary/aromatic N) is 2. The van der Waals surface area contributed by atoms with E-state index in [4.69, 9.17) is 16.3 Å². The minimum absolute atomic E-state index is 0.0578. The van der Waals surface area contributed by atoms with Crippen LogP contribution in [0.4, 0.5) is 8.78 Å². The lowest BCUT2D eigenvalue weighted by molar-refractivity contribution is -0.112. The first kappa shape index (κ1) is 14.7. The van der Waals surface area contributed by atoms with Crippen LogP contribution in [0.5, 0.6) is 0 Å². The highest BCUT2D eigenvalue weighted by Crippen LogP contribution is 2.52. The molecule has 1 aromatic heterocycles. The fraction of sp³-hybridized carbons (Fsp3) is 0.533. The molecule has 6 heteroatoms. The van der Waals surface area contributed by atoms with E-state index in [1.165, 1.54) is 6.07 Å². The first-order valence-corrected chi connectivity index (χ1v) is 7.38. The Morgan fingerprint density at radius 2 is 2.14 bits per heavy atom. The number of rotatable bonds is 3. The van der Waals surface area contributed by atoms with Crippen molar-refractivity contribution in [3.8, 4) is 0 Å². The fourth-order valence-electron chi connectivity index (χ4n) is 3.31. The van der Waals surface area contributed by atoms with Crippen LogP contribution in [0.1, 0.15) is 32.1 Å². The van der Waals surface area contributed by atoms with Gasteiger partial charge >= 0.3 is 0 Å². The number of imidazole rings is 1. The zero-order chi connectivity index (χ0) is 15.4. The molecular formula is C15H17ClF2N2O. The molecule has 114 valence electrons. The quantitative estimate of drug-likeness (QED) is 0.800. The maximum Gasteiger partial charge on any atom is 0.153 e. The summed E-state index contributed by atoms with van der Waals surface area (Å²) in [5.74, 6) is -0.554. The minimum Gasteiger partial charge on any atom is -0.381 e. The van der Waals surface area contributed by atoms with Gasteiger partial charge < -0.3 is 9.30 Å². The smallest absolute Gasteiger partial charge is 0.153 e. The number of methoxy groups -OCH3 is 1. The summed E-state index contributed by atoms with van der Waals surface area (Å²) in [4.78, 5) is 4.24. The summed E-state index contributed by atoms with van der Waals surface area (Å²) in [7, 11) is 1.68. The minimum atomic E-state index is -0.657. The molecule has 1 fully saturated rings. The van der Waals surface area contributed by atoms with Crippen LogP contribution in [-0.2, 0) is 10.6 Å². The first-order valence-electron chi connectivity index (χ1n) is 6.84. The first-order chi connectivity index (χ1) is 9.90. The van der Waals surface area contributed by atoms with Crippen molar-refractivity contribution in [2.24, 2.45) is 5.41 Å². The van der Waals surface area contributed by atoms with Crippen LogP contribution in [-0.4, -0.2) is 22.8 Å². The van der Waals surface area contributed by atoms with Crippen LogP contribution in [0.15, 0.2) is 12.1 Å². The lowest BCUT2D eigenvalue weighted by Crippen LogP contribution is -2.51. The molecule has 2 unspecified atom stereocenters. The van der Waals surface area contributed by atoms with E-state index in [0.29, 0.717) is 11.3 Å². The van der Waals surface area contributed by atoms with Gasteiger partial charge in [0, 0.05) is 24.6 Å². The van der Waals surface area contributed by atoms with Gasteiger partial charge in [-0.3, -0.25) is 0 Å². The number of benzene rings is 1. The van der Waals surface area contributed by atoms with Crippen LogP contribution in [0.2, 0.25) is 0 Å². The van der Waals surface area contributed by atoms with Gasteiger partial charge in [0.1, 0.15) is 17.2 Å². The van der Waals surface area contributed by atoms with E-state index in [-0.39, 0.29) is 29.0 Å². The Kier molecular flexibility index (Phi) is 3.45. The van der Waals surface area contributed by atoms with E-state index in [2.05, 4.69) is 18.8 Å². The van der Waals surface area contributed by atoms with Crippen molar-refractivity contribution in [3.63, 3.8) is 0 Å². The Hall–Kier alpha value is -1.20. The van der Waals surface area contributed by atoms with Gasteiger partial charge in [-0.25, -0.2) is 13.8 Å². The third kappa shape index (κ3) is 2.06. The number of fused-ring (bicyclic) bond motifs is 1. The van der Waals surface area contributed by atoms with Crippen molar-refractivity contribution in [2.75, 3.05) is 7.11 Å². The molecule has 0 bridgehead atoms. The molecular weight excluding hydrogens is 298 g/mol. The monoisotopic (exact) mass is 314 g/mol. The van der Waals surface area contributed by atoms with Crippen LogP contribution >= 0.6 is 11.6 Å². The molecule has 3 nitrogen and oxygen atoms in total. The SMILES string of the molecule is COC1CC(n2c(CCl)nc3c(F)cc(F)cc32)C1(C)C. The summed E-state index contributed by atoms with van der Waals surface area (Å²) in [6.07, 6.45) is 0.887. The summed E-state index contributed by atoms with van der Waals surface area (Å²) in [6, 6.07) is 2.22. The molecule has 0 aliphatic heterocycles. The van der Waals surface area contributed by atoms with E-state index in [0.717, 1.165) is 12.5 Å². The molecule has 0 amide bonds. The Labute approximate surface area is 126 Å². The second kappa shape index (κ2) is 4.92. The number of aromatic nitrogens is 2. The Morgan fingerprint density at radius 3 is 2.71 bits per heavy atom. The number of hydrogen-bond donors (Lipinski definition) is 0. The largest absolute Gasteiger partial charge is 0.381 e. The van der Waals surface area contributed by atoms with Crippen LogP contribution < -0.4 is 0 Å². The van der Waals surface area contributed by atoms with Crippen molar-refractivity contribution < 1.29 is 13.5 Å². The average Bonchev–Trinajstić information content (AvgIpc) is 2.77. The van der Waals surface area contributed by atoms with Crippen molar-refractivity contribution >= 4 is 22.6 Å². The summed E-state index contributed by atoms with van der Waals surface area (Å²) in [6.45, 7) is 4.16. The molecule has 0 N–H and O–H groups in total. The standard InChI is InChI=1S/C15H17ClF2N2O/c1-15(2)11(6-12(15)21-3)20-10-5-8(17)4-9(18)14(10)19-13(20)7-16/h4-5,11-12H,6-7H2,1-3H3. The van der Waals surface area contributed by atoms with Crippen molar-refractivity contribution in [3.05, 3.63) is 29.6 Å². The van der Waals surface area contributed by atoms with Gasteiger partial charge in [-0.15, -0.1) is 11.6 Å². The van der Waals surface area contributed by atoms with Gasteiger partial charge in [-0.05, 0) is 12.5 Å². The highest BCUT2D eigenvalue weighted by molar-refractivity contribution is 6.16. The lowest BCUT2D eigenvalue weighted by atomic mass is 9.64. The molecule has 0 radical (unpaired) electrons. The van der Waals surface area contributed by atoms with E-state index < -0.39 is 11.6 Å². The molecule has 0 spiro atoms. The molecule has 2 aromatic rings. The molecule has 0 saturated heterocycles. The molecule has 1 saturated carbocycles. The van der Waals surface area contributed by atoms with E-state index in [1.54, 1.807) is 7.11 Å². The Bertz CT molecular complexity index is 699. The van der Waals surface area contributed by atoms with Gasteiger partial charge in [0.15, 0.2) is 5.82 Å². The summed E-state index contributed by atoms with van der Waals surface area (Å²) < 4.78 is 34.8. The zero-order valence-corrected chi connectivity index (χ0v) is 12.9. The predicted octanol–water partition coefficient (Wildman–Crippen LogP) is 4.04. The van der Waals surface area contributed by atoms with Crippen LogP contribution in [0.25, 0.3) is 11.0 Å². The molecule has 1 heterocycles. The van der Waals surface area contributed by atoms with Gasteiger partial charge in [0.25, 0.3) is 0 Å². The molecule has 3 rings (SSSR count). The van der Waals surface area contributed by atoms with Crippen molar-refractivity contribution in [1.29, 1.82) is 0 Å². The van der Waals surface area contributed by atoms with Gasteiger partial charge in [0.05, 0.1) is 17.5 Å². The zero-order valence-electron chi connectivity index (χ0n) is 12.2. The molecule has 1 aliphatic carbocycles. The highest BCUT2D eigenvalue weighted by Gasteiger charge is 2.50. The third-order valence-electron chi connectivity index (χ3n) is 4.63. The van der Waals surface area contributed by atoms with Gasteiger partial charge in [-0.1, -0.05) is 13.8 Å². The summed E-state index contributed by atoms with van der Waals surface area (Å²) >= 11 is 5.95. The van der Waals surface area contributed by atoms with Crippen molar-refractivity contribution in [1.82, 2.24) is 9.55 Å². The maximum atomic E-state index is 13.9. The second-order valence-corrected chi connectivity index (χ2v) is 6.35. The molecule has 21 heavy (non-hydrogen) atoms. The molecule has 1 aromatic carbocycles. The van der Waals surface area contributed by atoms with Gasteiger partial charge in [0.2, 0.25) is 0 Å². The summed E-state index contributed by atoms with van der Waals surface area (Å²) in [5.41, 5.74) is 0.478. The molecule has 1 aliphatic rings. The highest BCUT2D eigenvalue weighted by atomic mass is 35.5. The number of alkyl halides is 1. The van der Waals surface area contributed by atoms with Gasteiger partial charge in [-0.2, -0.15) is 0 Å². The van der Waals surface area contributed by atoms with E-state index in [9.17, 15) is 8.78 Å². The average molecular weight is 315 g/mol. The van der Waals surface area contributed by atoms with E-state index >= 15 is 0 Å². The number of halogens is 3. The van der Waals surface area contributed by atoms with Crippen LogP contribution in [0, 0.1) is 17.0 Å². The Morgan fingerprint density at radius 1 is 1.43 bits per heavy atom. The van der Waals surface area contributed by atoms with Crippen LogP contribution in [0.3, 0.4) is 0 Å². The topological polar surface area (TPSA) is 27.1 Å². The Balaban J connectivity index is 2.18. The van der Waals surface area contributed by atoms with E-state index in [1.807, 2.05) is 4.57 Å². The normalized spacial score (nSPS) is 24.3. The van der Waals surface area contributed by atoms with Crippen molar-refractivity contribution in [2.45, 2.75) is 38.3 Å². The predicted molar refractivity (Wildman–Crippen MR) is 77.4 cm³/mol. The number of hydrogen-bond acceptors (Lipinski definition) is 2. The fourth-order valence-corrected chi connectivity index (χ4v) is 3.50. The molecule has 2 atom stereocenters. The lowest BCUT2D eigenvalue weighted by Gasteiger charge is -2.52.